The lowest BCUT2D eigenvalue weighted by atomic mass is 10.2. The second-order valence-corrected chi connectivity index (χ2v) is 5.31. The maximum absolute atomic E-state index is 12.3. The van der Waals surface area contributed by atoms with E-state index in [2.05, 4.69) is 26.2 Å². The Morgan fingerprint density at radius 1 is 1.50 bits per heavy atom. The van der Waals surface area contributed by atoms with Gasteiger partial charge in [0.1, 0.15) is 17.4 Å². The van der Waals surface area contributed by atoms with Crippen molar-refractivity contribution in [2.24, 2.45) is 0 Å². The van der Waals surface area contributed by atoms with Gasteiger partial charge in [0.15, 0.2) is 0 Å². The Morgan fingerprint density at radius 3 is 2.80 bits per heavy atom. The van der Waals surface area contributed by atoms with Crippen LogP contribution >= 0.6 is 15.9 Å². The van der Waals surface area contributed by atoms with Gasteiger partial charge in [-0.1, -0.05) is 6.92 Å². The normalized spacial score (nSPS) is 12.3. The first-order valence-corrected chi connectivity index (χ1v) is 6.91. The molecule has 2 rings (SSSR count). The minimum absolute atomic E-state index is 0.320. The van der Waals surface area contributed by atoms with Crippen molar-refractivity contribution in [3.63, 3.8) is 0 Å². The van der Waals surface area contributed by atoms with Crippen LogP contribution in [0, 0.1) is 6.92 Å². The summed E-state index contributed by atoms with van der Waals surface area (Å²) < 4.78 is 2.45. The molecule has 0 spiro atoms. The fraction of sp³-hybridized carbons (Fsp3) is 0.308. The smallest absolute Gasteiger partial charge is 0.326 e. The number of carbonyl (C=O) groups is 2. The van der Waals surface area contributed by atoms with Crippen LogP contribution in [-0.2, 0) is 4.79 Å². The number of aryl methyl sites for hydroxylation is 1. The van der Waals surface area contributed by atoms with E-state index < -0.39 is 17.9 Å². The summed E-state index contributed by atoms with van der Waals surface area (Å²) in [7, 11) is 0. The van der Waals surface area contributed by atoms with Crippen LogP contribution in [0.5, 0.6) is 0 Å². The van der Waals surface area contributed by atoms with E-state index in [1.807, 2.05) is 6.07 Å². The van der Waals surface area contributed by atoms with Crippen molar-refractivity contribution in [1.29, 1.82) is 0 Å². The third-order valence-electron chi connectivity index (χ3n) is 2.98. The van der Waals surface area contributed by atoms with Crippen LogP contribution < -0.4 is 5.32 Å². The lowest BCUT2D eigenvalue weighted by Crippen LogP contribution is -2.40. The molecule has 0 radical (unpaired) electrons. The van der Waals surface area contributed by atoms with Crippen molar-refractivity contribution in [2.75, 3.05) is 0 Å². The third-order valence-corrected chi connectivity index (χ3v) is 3.45. The van der Waals surface area contributed by atoms with Gasteiger partial charge in [0.2, 0.25) is 0 Å². The first kappa shape index (κ1) is 14.5. The minimum Gasteiger partial charge on any atom is -0.480 e. The predicted molar refractivity (Wildman–Crippen MR) is 76.8 cm³/mol. The highest BCUT2D eigenvalue weighted by Crippen LogP contribution is 2.16. The molecular formula is C13H14BrN3O3. The van der Waals surface area contributed by atoms with Gasteiger partial charge in [-0.3, -0.25) is 9.20 Å². The number of carbonyl (C=O) groups excluding carboxylic acids is 1. The molecule has 20 heavy (non-hydrogen) atoms. The second kappa shape index (κ2) is 5.62. The van der Waals surface area contributed by atoms with Gasteiger partial charge in [-0.15, -0.1) is 0 Å². The molecule has 1 unspecified atom stereocenters. The molecule has 0 saturated heterocycles. The Labute approximate surface area is 123 Å². The molecule has 2 heterocycles. The SMILES string of the molecule is CCC(NC(=O)c1c(C)nc2ccc(Br)cn12)C(=O)O. The number of hydrogen-bond donors (Lipinski definition) is 2. The number of rotatable bonds is 4. The second-order valence-electron chi connectivity index (χ2n) is 4.39. The lowest BCUT2D eigenvalue weighted by molar-refractivity contribution is -0.139. The zero-order valence-corrected chi connectivity index (χ0v) is 12.6. The standard InChI is InChI=1S/C13H14BrN3O3/c1-3-9(13(19)20)16-12(18)11-7(2)15-10-5-4-8(14)6-17(10)11/h4-6,9H,3H2,1-2H3,(H,16,18)(H,19,20). The highest BCUT2D eigenvalue weighted by molar-refractivity contribution is 9.10. The summed E-state index contributed by atoms with van der Waals surface area (Å²) in [5.74, 6) is -1.49. The molecule has 0 aliphatic carbocycles. The zero-order valence-electron chi connectivity index (χ0n) is 11.1. The summed E-state index contributed by atoms with van der Waals surface area (Å²) in [5.41, 5.74) is 1.54. The van der Waals surface area contributed by atoms with E-state index in [0.717, 1.165) is 4.47 Å². The molecular weight excluding hydrogens is 326 g/mol. The fourth-order valence-corrected chi connectivity index (χ4v) is 2.31. The molecule has 0 aromatic carbocycles. The maximum Gasteiger partial charge on any atom is 0.326 e. The van der Waals surface area contributed by atoms with Crippen molar-refractivity contribution in [3.05, 3.63) is 34.2 Å². The Hall–Kier alpha value is -1.89. The van der Waals surface area contributed by atoms with Gasteiger partial charge >= 0.3 is 5.97 Å². The molecule has 0 fully saturated rings. The molecule has 0 bridgehead atoms. The number of amides is 1. The quantitative estimate of drug-likeness (QED) is 0.892. The van der Waals surface area contributed by atoms with E-state index in [1.165, 1.54) is 0 Å². The van der Waals surface area contributed by atoms with Gasteiger partial charge in [-0.2, -0.15) is 0 Å². The first-order chi connectivity index (χ1) is 9.43. The van der Waals surface area contributed by atoms with Gasteiger partial charge in [0.05, 0.1) is 5.69 Å². The van der Waals surface area contributed by atoms with Crippen molar-refractivity contribution in [2.45, 2.75) is 26.3 Å². The number of halogens is 1. The average Bonchev–Trinajstić information content (AvgIpc) is 2.70. The van der Waals surface area contributed by atoms with Gasteiger partial charge in [-0.05, 0) is 41.4 Å². The molecule has 2 aromatic heterocycles. The largest absolute Gasteiger partial charge is 0.480 e. The van der Waals surface area contributed by atoms with Crippen molar-refractivity contribution in [1.82, 2.24) is 14.7 Å². The highest BCUT2D eigenvalue weighted by Gasteiger charge is 2.22. The first-order valence-electron chi connectivity index (χ1n) is 6.12. The molecule has 1 amide bonds. The molecule has 0 aliphatic rings. The van der Waals surface area contributed by atoms with E-state index >= 15 is 0 Å². The molecule has 106 valence electrons. The van der Waals surface area contributed by atoms with Gasteiger partial charge in [-0.25, -0.2) is 9.78 Å². The molecule has 0 saturated carbocycles. The Morgan fingerprint density at radius 2 is 2.20 bits per heavy atom. The van der Waals surface area contributed by atoms with Crippen LogP contribution in [0.1, 0.15) is 29.5 Å². The topological polar surface area (TPSA) is 83.7 Å². The molecule has 6 nitrogen and oxygen atoms in total. The third kappa shape index (κ3) is 2.67. The molecule has 2 aromatic rings. The van der Waals surface area contributed by atoms with E-state index in [0.29, 0.717) is 23.5 Å². The molecule has 7 heteroatoms. The van der Waals surface area contributed by atoms with Crippen molar-refractivity contribution in [3.8, 4) is 0 Å². The molecule has 0 aliphatic heterocycles. The zero-order chi connectivity index (χ0) is 14.9. The van der Waals surface area contributed by atoms with E-state index in [-0.39, 0.29) is 0 Å². The summed E-state index contributed by atoms with van der Waals surface area (Å²) in [5, 5.41) is 11.5. The minimum atomic E-state index is -1.05. The van der Waals surface area contributed by atoms with E-state index in [4.69, 9.17) is 5.11 Å². The summed E-state index contributed by atoms with van der Waals surface area (Å²) in [6.07, 6.45) is 2.05. The maximum atomic E-state index is 12.3. The predicted octanol–water partition coefficient (Wildman–Crippen LogP) is 2.00. The number of nitrogens with zero attached hydrogens (tertiary/aromatic N) is 2. The van der Waals surface area contributed by atoms with Crippen LogP contribution in [0.25, 0.3) is 5.65 Å². The number of aromatic nitrogens is 2. The number of aliphatic carboxylic acids is 1. The number of carboxylic acid groups (broad SMARTS) is 1. The number of hydrogen-bond acceptors (Lipinski definition) is 3. The molecule has 1 atom stereocenters. The Balaban J connectivity index is 2.41. The fourth-order valence-electron chi connectivity index (χ4n) is 1.98. The van der Waals surface area contributed by atoms with Gasteiger partial charge in [0, 0.05) is 10.7 Å². The van der Waals surface area contributed by atoms with Gasteiger partial charge in [0.25, 0.3) is 5.91 Å². The number of pyridine rings is 1. The summed E-state index contributed by atoms with van der Waals surface area (Å²) in [6, 6.07) is 2.71. The number of nitrogens with one attached hydrogen (secondary N) is 1. The monoisotopic (exact) mass is 339 g/mol. The van der Waals surface area contributed by atoms with Crippen LogP contribution in [0.4, 0.5) is 0 Å². The van der Waals surface area contributed by atoms with E-state index in [1.54, 1.807) is 30.5 Å². The average molecular weight is 340 g/mol. The van der Waals surface area contributed by atoms with Crippen molar-refractivity contribution < 1.29 is 14.7 Å². The van der Waals surface area contributed by atoms with Crippen molar-refractivity contribution >= 4 is 33.5 Å². The van der Waals surface area contributed by atoms with Gasteiger partial charge < -0.3 is 10.4 Å². The van der Waals surface area contributed by atoms with E-state index in [9.17, 15) is 9.59 Å². The number of fused-ring (bicyclic) bond motifs is 1. The number of carboxylic acids is 1. The van der Waals surface area contributed by atoms with Crippen LogP contribution in [0.15, 0.2) is 22.8 Å². The highest BCUT2D eigenvalue weighted by atomic mass is 79.9. The number of imidazole rings is 1. The summed E-state index contributed by atoms with van der Waals surface area (Å²) in [6.45, 7) is 3.43. The van der Waals surface area contributed by atoms with Crippen LogP contribution in [0.2, 0.25) is 0 Å². The molecule has 2 N–H and O–H groups in total. The Kier molecular flexibility index (Phi) is 4.08. The summed E-state index contributed by atoms with van der Waals surface area (Å²) in [4.78, 5) is 27.6. The summed E-state index contributed by atoms with van der Waals surface area (Å²) >= 11 is 3.34. The Bertz CT molecular complexity index is 681. The van der Waals surface area contributed by atoms with Crippen LogP contribution in [-0.4, -0.2) is 32.4 Å². The van der Waals surface area contributed by atoms with Crippen LogP contribution in [0.3, 0.4) is 0 Å². The lowest BCUT2D eigenvalue weighted by Gasteiger charge is -2.12.